The number of benzene rings is 2. The first-order valence-corrected chi connectivity index (χ1v) is 7.42. The molecule has 2 rings (SSSR count). The smallest absolute Gasteiger partial charge is 0.119 e. The molecule has 1 unspecified atom stereocenters. The van der Waals surface area contributed by atoms with E-state index in [9.17, 15) is 0 Å². The molecule has 2 aromatic carbocycles. The van der Waals surface area contributed by atoms with Crippen LogP contribution in [-0.4, -0.2) is 7.11 Å². The molecule has 0 aliphatic rings. The minimum Gasteiger partial charge on any atom is -0.497 e. The monoisotopic (exact) mass is 338 g/mol. The van der Waals surface area contributed by atoms with Crippen LogP contribution in [0.4, 0.5) is 0 Å². The van der Waals surface area contributed by atoms with Crippen LogP contribution < -0.4 is 4.74 Å². The molecule has 0 aliphatic carbocycles. The molecule has 19 heavy (non-hydrogen) atoms. The lowest BCUT2D eigenvalue weighted by Gasteiger charge is -2.14. The lowest BCUT2D eigenvalue weighted by molar-refractivity contribution is 0.414. The summed E-state index contributed by atoms with van der Waals surface area (Å²) in [5, 5.41) is 0.781. The van der Waals surface area contributed by atoms with Gasteiger partial charge in [0.15, 0.2) is 0 Å². The van der Waals surface area contributed by atoms with E-state index in [1.807, 2.05) is 24.3 Å². The molecule has 0 fully saturated rings. The van der Waals surface area contributed by atoms with E-state index in [0.29, 0.717) is 0 Å². The van der Waals surface area contributed by atoms with Gasteiger partial charge in [-0.25, -0.2) is 0 Å². The van der Waals surface area contributed by atoms with Crippen LogP contribution in [0.3, 0.4) is 0 Å². The number of ether oxygens (including phenoxy) is 1. The largest absolute Gasteiger partial charge is 0.497 e. The molecule has 0 N–H and O–H groups in total. The highest BCUT2D eigenvalue weighted by atomic mass is 79.9. The summed E-state index contributed by atoms with van der Waals surface area (Å²) in [6, 6.07) is 14.1. The van der Waals surface area contributed by atoms with Crippen LogP contribution in [0.2, 0.25) is 5.02 Å². The van der Waals surface area contributed by atoms with Crippen molar-refractivity contribution in [3.63, 3.8) is 0 Å². The Hall–Kier alpha value is -0.990. The third-order valence-electron chi connectivity index (χ3n) is 3.12. The molecule has 0 aliphatic heterocycles. The Morgan fingerprint density at radius 1 is 1.21 bits per heavy atom. The third kappa shape index (κ3) is 3.74. The van der Waals surface area contributed by atoms with E-state index < -0.39 is 0 Å². The predicted octanol–water partition coefficient (Wildman–Crippen LogP) is 5.34. The van der Waals surface area contributed by atoms with Crippen molar-refractivity contribution < 1.29 is 4.74 Å². The molecule has 0 amide bonds. The highest BCUT2D eigenvalue weighted by molar-refractivity contribution is 9.09. The molecule has 0 radical (unpaired) electrons. The number of aryl methyl sites for hydroxylation is 1. The van der Waals surface area contributed by atoms with E-state index in [2.05, 4.69) is 41.1 Å². The molecule has 100 valence electrons. The van der Waals surface area contributed by atoms with Crippen LogP contribution in [0.15, 0.2) is 42.5 Å². The number of hydrogen-bond acceptors (Lipinski definition) is 1. The van der Waals surface area contributed by atoms with Gasteiger partial charge in [0.2, 0.25) is 0 Å². The quantitative estimate of drug-likeness (QED) is 0.684. The maximum atomic E-state index is 6.01. The van der Waals surface area contributed by atoms with Crippen molar-refractivity contribution in [3.8, 4) is 5.75 Å². The Balaban J connectivity index is 2.18. The molecule has 3 heteroatoms. The molecule has 0 saturated heterocycles. The number of rotatable bonds is 4. The first kappa shape index (κ1) is 14.4. The van der Waals surface area contributed by atoms with Crippen molar-refractivity contribution in [3.05, 3.63) is 64.2 Å². The second-order valence-electron chi connectivity index (χ2n) is 4.52. The Morgan fingerprint density at radius 2 is 2.00 bits per heavy atom. The Labute approximate surface area is 127 Å². The fraction of sp³-hybridized carbons (Fsp3) is 0.250. The molecule has 0 saturated carbocycles. The second kappa shape index (κ2) is 6.44. The first-order chi connectivity index (χ1) is 9.10. The maximum absolute atomic E-state index is 6.01. The maximum Gasteiger partial charge on any atom is 0.119 e. The van der Waals surface area contributed by atoms with Crippen molar-refractivity contribution in [1.82, 2.24) is 0 Å². The summed E-state index contributed by atoms with van der Waals surface area (Å²) in [6.07, 6.45) is 0.910. The molecule has 0 aromatic heterocycles. The van der Waals surface area contributed by atoms with E-state index in [1.165, 1.54) is 16.7 Å². The Morgan fingerprint density at radius 3 is 2.63 bits per heavy atom. The average Bonchev–Trinajstić information content (AvgIpc) is 2.38. The SMILES string of the molecule is COc1ccc(C(Br)Cc2cccc(Cl)c2)c(C)c1. The number of alkyl halides is 1. The number of methoxy groups -OCH3 is 1. The van der Waals surface area contributed by atoms with Gasteiger partial charge in [0.1, 0.15) is 5.75 Å². The summed E-state index contributed by atoms with van der Waals surface area (Å²) >= 11 is 9.77. The normalized spacial score (nSPS) is 12.2. The number of hydrogen-bond donors (Lipinski definition) is 0. The van der Waals surface area contributed by atoms with Crippen LogP contribution in [-0.2, 0) is 6.42 Å². The molecule has 1 atom stereocenters. The predicted molar refractivity (Wildman–Crippen MR) is 84.6 cm³/mol. The van der Waals surface area contributed by atoms with Crippen molar-refractivity contribution in [2.24, 2.45) is 0 Å². The van der Waals surface area contributed by atoms with Gasteiger partial charge in [-0.1, -0.05) is 45.7 Å². The van der Waals surface area contributed by atoms with E-state index in [0.717, 1.165) is 17.2 Å². The lowest BCUT2D eigenvalue weighted by Crippen LogP contribution is -1.98. The summed E-state index contributed by atoms with van der Waals surface area (Å²) in [5.41, 5.74) is 3.73. The van der Waals surface area contributed by atoms with Crippen LogP contribution >= 0.6 is 27.5 Å². The van der Waals surface area contributed by atoms with Gasteiger partial charge >= 0.3 is 0 Å². The van der Waals surface area contributed by atoms with Gasteiger partial charge in [-0.2, -0.15) is 0 Å². The molecule has 1 nitrogen and oxygen atoms in total. The van der Waals surface area contributed by atoms with E-state index >= 15 is 0 Å². The highest BCUT2D eigenvalue weighted by Gasteiger charge is 2.12. The molecule has 0 heterocycles. The van der Waals surface area contributed by atoms with Crippen molar-refractivity contribution >= 4 is 27.5 Å². The summed E-state index contributed by atoms with van der Waals surface area (Å²) < 4.78 is 5.23. The number of halogens is 2. The van der Waals surface area contributed by atoms with Gasteiger partial charge in [0, 0.05) is 9.85 Å². The average molecular weight is 340 g/mol. The topological polar surface area (TPSA) is 9.23 Å². The summed E-state index contributed by atoms with van der Waals surface area (Å²) in [4.78, 5) is 0.275. The first-order valence-electron chi connectivity index (χ1n) is 6.13. The zero-order chi connectivity index (χ0) is 13.8. The van der Waals surface area contributed by atoms with E-state index in [4.69, 9.17) is 16.3 Å². The summed E-state index contributed by atoms with van der Waals surface area (Å²) in [7, 11) is 1.69. The lowest BCUT2D eigenvalue weighted by atomic mass is 10.0. The van der Waals surface area contributed by atoms with Crippen molar-refractivity contribution in [2.75, 3.05) is 7.11 Å². The van der Waals surface area contributed by atoms with Crippen LogP contribution in [0, 0.1) is 6.92 Å². The summed E-state index contributed by atoms with van der Waals surface area (Å²) in [6.45, 7) is 2.10. The molecular formula is C16H16BrClO. The van der Waals surface area contributed by atoms with Crippen molar-refractivity contribution in [2.45, 2.75) is 18.2 Å². The van der Waals surface area contributed by atoms with E-state index in [-0.39, 0.29) is 4.83 Å². The second-order valence-corrected chi connectivity index (χ2v) is 6.07. The summed E-state index contributed by atoms with van der Waals surface area (Å²) in [5.74, 6) is 0.892. The third-order valence-corrected chi connectivity index (χ3v) is 4.17. The minimum absolute atomic E-state index is 0.275. The van der Waals surface area contributed by atoms with Crippen LogP contribution in [0.5, 0.6) is 5.75 Å². The zero-order valence-electron chi connectivity index (χ0n) is 11.0. The van der Waals surface area contributed by atoms with Gasteiger partial charge in [0.25, 0.3) is 0 Å². The zero-order valence-corrected chi connectivity index (χ0v) is 13.3. The van der Waals surface area contributed by atoms with Gasteiger partial charge in [0.05, 0.1) is 7.11 Å². The minimum atomic E-state index is 0.275. The standard InChI is InChI=1S/C16H16BrClO/c1-11-8-14(19-2)6-7-15(11)16(17)10-12-4-3-5-13(18)9-12/h3-9,16H,10H2,1-2H3. The van der Waals surface area contributed by atoms with Crippen molar-refractivity contribution in [1.29, 1.82) is 0 Å². The van der Waals surface area contributed by atoms with Gasteiger partial charge in [-0.05, 0) is 54.3 Å². The Bertz CT molecular complexity index is 568. The molecule has 2 aromatic rings. The van der Waals surface area contributed by atoms with Gasteiger partial charge in [-0.15, -0.1) is 0 Å². The Kier molecular flexibility index (Phi) is 4.89. The molecule has 0 spiro atoms. The fourth-order valence-corrected chi connectivity index (χ4v) is 3.21. The molecule has 0 bridgehead atoms. The highest BCUT2D eigenvalue weighted by Crippen LogP contribution is 2.31. The van der Waals surface area contributed by atoms with Gasteiger partial charge < -0.3 is 4.74 Å². The van der Waals surface area contributed by atoms with Gasteiger partial charge in [-0.3, -0.25) is 0 Å². The van der Waals surface area contributed by atoms with Crippen LogP contribution in [0.1, 0.15) is 21.5 Å². The van der Waals surface area contributed by atoms with Crippen LogP contribution in [0.25, 0.3) is 0 Å². The van der Waals surface area contributed by atoms with E-state index in [1.54, 1.807) is 7.11 Å². The molecular weight excluding hydrogens is 324 g/mol. The fourth-order valence-electron chi connectivity index (χ4n) is 2.11.